The van der Waals surface area contributed by atoms with Gasteiger partial charge in [0.05, 0.1) is 18.7 Å². The van der Waals surface area contributed by atoms with Gasteiger partial charge in [0, 0.05) is 17.5 Å². The largest absolute Gasteiger partial charge is 0.497 e. The van der Waals surface area contributed by atoms with Crippen LogP contribution < -0.4 is 15.4 Å². The lowest BCUT2D eigenvalue weighted by Gasteiger charge is -2.26. The molecule has 2 aliphatic rings. The van der Waals surface area contributed by atoms with Crippen molar-refractivity contribution < 1.29 is 19.1 Å². The molecular weight excluding hydrogens is 380 g/mol. The summed E-state index contributed by atoms with van der Waals surface area (Å²) in [6.45, 7) is 2.10. The van der Waals surface area contributed by atoms with Gasteiger partial charge in [-0.2, -0.15) is 0 Å². The number of nitrogens with one attached hydrogen (secondary N) is 2. The third-order valence-electron chi connectivity index (χ3n) is 4.59. The highest BCUT2D eigenvalue weighted by Gasteiger charge is 2.48. The number of rotatable bonds is 3. The number of methoxy groups -OCH3 is 1. The van der Waals surface area contributed by atoms with E-state index >= 15 is 0 Å². The van der Waals surface area contributed by atoms with Crippen molar-refractivity contribution in [3.05, 3.63) is 45.4 Å². The molecule has 1 atom stereocenters. The van der Waals surface area contributed by atoms with Crippen molar-refractivity contribution in [1.82, 2.24) is 20.5 Å². The fourth-order valence-electron chi connectivity index (χ4n) is 3.20. The van der Waals surface area contributed by atoms with Crippen LogP contribution in [-0.4, -0.2) is 46.9 Å². The van der Waals surface area contributed by atoms with Crippen molar-refractivity contribution in [1.29, 1.82) is 0 Å². The number of carbonyl (C=O) groups excluding carboxylic acids is 3. The van der Waals surface area contributed by atoms with E-state index in [-0.39, 0.29) is 12.5 Å². The zero-order valence-corrected chi connectivity index (χ0v) is 16.0. The molecule has 2 aromatic rings. The average Bonchev–Trinajstić information content (AvgIpc) is 3.30. The first-order valence-electron chi connectivity index (χ1n) is 8.45. The molecule has 28 heavy (non-hydrogen) atoms. The van der Waals surface area contributed by atoms with Crippen LogP contribution in [0.1, 0.15) is 26.6 Å². The van der Waals surface area contributed by atoms with Crippen molar-refractivity contribution in [2.75, 3.05) is 13.7 Å². The highest BCUT2D eigenvalue weighted by molar-refractivity contribution is 7.09. The number of hydrogen-bond donors (Lipinski definition) is 2. The summed E-state index contributed by atoms with van der Waals surface area (Å²) in [4.78, 5) is 42.9. The molecule has 0 radical (unpaired) electrons. The first-order valence-corrected chi connectivity index (χ1v) is 9.33. The number of benzene rings is 1. The fraction of sp³-hybridized carbons (Fsp3) is 0.263. The molecule has 4 rings (SSSR count). The summed E-state index contributed by atoms with van der Waals surface area (Å²) in [5.41, 5.74) is 0.323. The molecule has 8 nitrogen and oxygen atoms in total. The Morgan fingerprint density at radius 1 is 1.36 bits per heavy atom. The summed E-state index contributed by atoms with van der Waals surface area (Å²) < 4.78 is 5.18. The summed E-state index contributed by atoms with van der Waals surface area (Å²) in [5, 5.41) is 7.40. The summed E-state index contributed by atoms with van der Waals surface area (Å²) in [6.07, 6.45) is 0. The van der Waals surface area contributed by atoms with Gasteiger partial charge in [0.1, 0.15) is 11.4 Å². The van der Waals surface area contributed by atoms with E-state index in [9.17, 15) is 14.4 Å². The molecule has 2 N–H and O–H groups in total. The first kappa shape index (κ1) is 18.0. The minimum absolute atomic E-state index is 0.0729. The molecule has 4 amide bonds. The van der Waals surface area contributed by atoms with Crippen molar-refractivity contribution in [3.63, 3.8) is 0 Å². The maximum Gasteiger partial charge on any atom is 0.323 e. The van der Waals surface area contributed by atoms with Crippen molar-refractivity contribution >= 4 is 29.2 Å². The Labute approximate surface area is 164 Å². The number of hydrogen-bond acceptors (Lipinski definition) is 6. The Morgan fingerprint density at radius 2 is 2.18 bits per heavy atom. The van der Waals surface area contributed by atoms with Gasteiger partial charge in [0.25, 0.3) is 11.8 Å². The third-order valence-corrected chi connectivity index (χ3v) is 5.36. The molecule has 1 saturated heterocycles. The number of thiazole rings is 1. The number of nitrogens with zero attached hydrogens (tertiary/aromatic N) is 2. The quantitative estimate of drug-likeness (QED) is 0.597. The van der Waals surface area contributed by atoms with Gasteiger partial charge in [0.2, 0.25) is 5.54 Å². The van der Waals surface area contributed by atoms with Gasteiger partial charge >= 0.3 is 6.03 Å². The van der Waals surface area contributed by atoms with Gasteiger partial charge in [-0.3, -0.25) is 14.9 Å². The molecule has 1 aromatic heterocycles. The summed E-state index contributed by atoms with van der Waals surface area (Å²) in [5.74, 6) is 5.43. The highest BCUT2D eigenvalue weighted by atomic mass is 32.1. The molecule has 0 saturated carbocycles. The van der Waals surface area contributed by atoms with Gasteiger partial charge in [-0.1, -0.05) is 12.0 Å². The Hall–Kier alpha value is -3.38. The van der Waals surface area contributed by atoms with Crippen LogP contribution in [0.2, 0.25) is 0 Å². The van der Waals surface area contributed by atoms with E-state index < -0.39 is 17.5 Å². The average molecular weight is 396 g/mol. The monoisotopic (exact) mass is 396 g/mol. The maximum absolute atomic E-state index is 12.8. The minimum Gasteiger partial charge on any atom is -0.497 e. The summed E-state index contributed by atoms with van der Waals surface area (Å²) in [6, 6.07) is 4.62. The van der Waals surface area contributed by atoms with E-state index in [1.807, 2.05) is 13.0 Å². The number of amides is 4. The number of imide groups is 1. The molecule has 2 aliphatic heterocycles. The van der Waals surface area contributed by atoms with Crippen molar-refractivity contribution in [3.8, 4) is 17.6 Å². The number of carbonyl (C=O) groups is 3. The topological polar surface area (TPSA) is 101 Å². The number of fused-ring (bicyclic) bond motifs is 1. The molecule has 1 aromatic carbocycles. The van der Waals surface area contributed by atoms with Crippen molar-refractivity contribution in [2.24, 2.45) is 0 Å². The van der Waals surface area contributed by atoms with Gasteiger partial charge < -0.3 is 15.0 Å². The molecule has 0 aliphatic carbocycles. The van der Waals surface area contributed by atoms with E-state index in [0.29, 0.717) is 23.6 Å². The molecule has 0 spiro atoms. The van der Waals surface area contributed by atoms with Crippen LogP contribution in [0.15, 0.2) is 23.6 Å². The zero-order chi connectivity index (χ0) is 19.9. The Morgan fingerprint density at radius 3 is 2.82 bits per heavy atom. The van der Waals surface area contributed by atoms with Crippen molar-refractivity contribution in [2.45, 2.75) is 19.0 Å². The molecular formula is C19H16N4O4S. The highest BCUT2D eigenvalue weighted by Crippen LogP contribution is 2.28. The number of aryl methyl sites for hydroxylation is 1. The predicted octanol–water partition coefficient (Wildman–Crippen LogP) is 1.05. The normalized spacial score (nSPS) is 20.4. The number of urea groups is 1. The van der Waals surface area contributed by atoms with E-state index in [4.69, 9.17) is 4.74 Å². The molecule has 1 fully saturated rings. The lowest BCUT2D eigenvalue weighted by atomic mass is 9.99. The Bertz CT molecular complexity index is 1070. The smallest absolute Gasteiger partial charge is 0.323 e. The van der Waals surface area contributed by atoms with E-state index in [0.717, 1.165) is 10.6 Å². The maximum atomic E-state index is 12.8. The van der Waals surface area contributed by atoms with Gasteiger partial charge in [-0.05, 0) is 30.5 Å². The molecule has 9 heteroatoms. The van der Waals surface area contributed by atoms with E-state index in [1.165, 1.54) is 23.3 Å². The van der Waals surface area contributed by atoms with Crippen LogP contribution in [-0.2, 0) is 11.3 Å². The zero-order valence-electron chi connectivity index (χ0n) is 15.2. The molecule has 0 bridgehead atoms. The number of aromatic nitrogens is 1. The van der Waals surface area contributed by atoms with Crippen LogP contribution in [0.4, 0.5) is 4.79 Å². The fourth-order valence-corrected chi connectivity index (χ4v) is 3.75. The molecule has 1 unspecified atom stereocenters. The van der Waals surface area contributed by atoms with Crippen LogP contribution >= 0.6 is 11.3 Å². The van der Waals surface area contributed by atoms with Crippen LogP contribution in [0.3, 0.4) is 0 Å². The Kier molecular flexibility index (Phi) is 4.28. The second-order valence-electron chi connectivity index (χ2n) is 6.50. The van der Waals surface area contributed by atoms with Crippen LogP contribution in [0, 0.1) is 18.8 Å². The second kappa shape index (κ2) is 6.65. The molecule has 3 heterocycles. The number of ether oxygens (including phenoxy) is 1. The van der Waals surface area contributed by atoms with Gasteiger partial charge in [-0.15, -0.1) is 11.3 Å². The summed E-state index contributed by atoms with van der Waals surface area (Å²) in [7, 11) is 1.53. The first-order chi connectivity index (χ1) is 13.4. The SMILES string of the molecule is COc1ccc2c(c1)C(=O)N(CC1(C#Cc3csc(C)n3)NC(=O)NC1=O)C2. The lowest BCUT2D eigenvalue weighted by molar-refractivity contribution is -0.122. The standard InChI is InChI=1S/C19H16N4O4S/c1-11-20-13(9-28-11)5-6-19(17(25)21-18(26)22-19)10-23-8-12-3-4-14(27-2)7-15(12)16(23)24/h3-4,7,9H,8,10H2,1-2H3,(H2,21,22,25,26). The van der Waals surface area contributed by atoms with E-state index in [1.54, 1.807) is 17.5 Å². The molecule has 142 valence electrons. The second-order valence-corrected chi connectivity index (χ2v) is 7.56. The lowest BCUT2D eigenvalue weighted by Crippen LogP contribution is -2.54. The predicted molar refractivity (Wildman–Crippen MR) is 101 cm³/mol. The summed E-state index contributed by atoms with van der Waals surface area (Å²) >= 11 is 1.44. The van der Waals surface area contributed by atoms with Crippen LogP contribution in [0.25, 0.3) is 0 Å². The van der Waals surface area contributed by atoms with Gasteiger partial charge in [0.15, 0.2) is 0 Å². The third kappa shape index (κ3) is 3.08. The van der Waals surface area contributed by atoms with E-state index in [2.05, 4.69) is 27.5 Å². The van der Waals surface area contributed by atoms with Gasteiger partial charge in [-0.25, -0.2) is 9.78 Å². The minimum atomic E-state index is -1.53. The van der Waals surface area contributed by atoms with Crippen LogP contribution in [0.5, 0.6) is 5.75 Å². The Balaban J connectivity index is 1.64.